The van der Waals surface area contributed by atoms with E-state index in [4.69, 9.17) is 4.74 Å². The molecular formula is C18H20FN5O. The molecule has 2 heterocycles. The lowest BCUT2D eigenvalue weighted by Crippen LogP contribution is -2.38. The predicted octanol–water partition coefficient (Wildman–Crippen LogP) is 3.27. The second-order valence-electron chi connectivity index (χ2n) is 6.45. The van der Waals surface area contributed by atoms with Crippen LogP contribution in [-0.4, -0.2) is 39.4 Å². The predicted molar refractivity (Wildman–Crippen MR) is 92.9 cm³/mol. The van der Waals surface area contributed by atoms with Crippen LogP contribution in [0.2, 0.25) is 0 Å². The first kappa shape index (κ1) is 16.0. The molecule has 0 bridgehead atoms. The van der Waals surface area contributed by atoms with Gasteiger partial charge >= 0.3 is 0 Å². The summed E-state index contributed by atoms with van der Waals surface area (Å²) in [5, 5.41) is 11.1. The zero-order valence-corrected chi connectivity index (χ0v) is 13.7. The standard InChI is InChI=1S/C18H20FN5O/c19-16(13-4-2-1-3-5-13)10-25-9-12-6-14(7-12)23-17-15-8-22-24-18(15)21-11-20-17/h1-5,8,11-12,14,16H,6-7,9-10H2,(H2,20,21,22,23,24)/t12-,14+,16?. The van der Waals surface area contributed by atoms with Gasteiger partial charge in [0.1, 0.15) is 18.3 Å². The van der Waals surface area contributed by atoms with Crippen LogP contribution in [0, 0.1) is 5.92 Å². The summed E-state index contributed by atoms with van der Waals surface area (Å²) in [6.07, 6.45) is 4.16. The normalized spacial score (nSPS) is 21.0. The molecular weight excluding hydrogens is 321 g/mol. The van der Waals surface area contributed by atoms with E-state index < -0.39 is 6.17 Å². The van der Waals surface area contributed by atoms with E-state index in [1.54, 1.807) is 18.3 Å². The Morgan fingerprint density at radius 3 is 2.92 bits per heavy atom. The number of hydrogen-bond donors (Lipinski definition) is 2. The molecule has 0 saturated heterocycles. The van der Waals surface area contributed by atoms with Gasteiger partial charge in [0.15, 0.2) is 5.65 Å². The van der Waals surface area contributed by atoms with Crippen molar-refractivity contribution in [1.82, 2.24) is 20.2 Å². The molecule has 0 aliphatic heterocycles. The van der Waals surface area contributed by atoms with E-state index in [1.807, 2.05) is 18.2 Å². The zero-order valence-electron chi connectivity index (χ0n) is 13.7. The highest BCUT2D eigenvalue weighted by Crippen LogP contribution is 2.31. The fraction of sp³-hybridized carbons (Fsp3) is 0.389. The number of halogens is 1. The average molecular weight is 341 g/mol. The van der Waals surface area contributed by atoms with E-state index in [0.29, 0.717) is 24.1 Å². The molecule has 1 unspecified atom stereocenters. The number of aromatic amines is 1. The largest absolute Gasteiger partial charge is 0.378 e. The van der Waals surface area contributed by atoms with Gasteiger partial charge in [-0.3, -0.25) is 5.10 Å². The van der Waals surface area contributed by atoms with E-state index in [0.717, 1.165) is 29.7 Å². The SMILES string of the molecule is FC(COC[C@H]1C[C@@H](Nc2ncnc3[nH]ncc23)C1)c1ccccc1. The number of rotatable bonds is 7. The topological polar surface area (TPSA) is 75.7 Å². The molecule has 1 fully saturated rings. The maximum atomic E-state index is 14.0. The first-order valence-electron chi connectivity index (χ1n) is 8.47. The van der Waals surface area contributed by atoms with Gasteiger partial charge in [-0.05, 0) is 24.3 Å². The molecule has 1 atom stereocenters. The summed E-state index contributed by atoms with van der Waals surface area (Å²) in [6, 6.07) is 9.50. The molecule has 3 aromatic rings. The number of H-pyrrole nitrogens is 1. The van der Waals surface area contributed by atoms with Gasteiger partial charge in [-0.1, -0.05) is 30.3 Å². The van der Waals surface area contributed by atoms with Gasteiger partial charge in [-0.2, -0.15) is 5.10 Å². The van der Waals surface area contributed by atoms with Crippen LogP contribution in [0.4, 0.5) is 10.2 Å². The Hall–Kier alpha value is -2.54. The Kier molecular flexibility index (Phi) is 4.56. The summed E-state index contributed by atoms with van der Waals surface area (Å²) in [6.45, 7) is 0.705. The van der Waals surface area contributed by atoms with E-state index >= 15 is 0 Å². The number of ether oxygens (including phenoxy) is 1. The van der Waals surface area contributed by atoms with Crippen molar-refractivity contribution in [2.24, 2.45) is 5.92 Å². The van der Waals surface area contributed by atoms with Gasteiger partial charge in [0.2, 0.25) is 0 Å². The van der Waals surface area contributed by atoms with Crippen molar-refractivity contribution in [3.8, 4) is 0 Å². The van der Waals surface area contributed by atoms with Crippen LogP contribution in [0.3, 0.4) is 0 Å². The molecule has 25 heavy (non-hydrogen) atoms. The van der Waals surface area contributed by atoms with E-state index in [2.05, 4.69) is 25.5 Å². The zero-order chi connectivity index (χ0) is 17.1. The van der Waals surface area contributed by atoms with Crippen molar-refractivity contribution in [2.75, 3.05) is 18.5 Å². The van der Waals surface area contributed by atoms with Crippen LogP contribution in [0.15, 0.2) is 42.9 Å². The highest BCUT2D eigenvalue weighted by atomic mass is 19.1. The lowest BCUT2D eigenvalue weighted by molar-refractivity contribution is 0.0335. The summed E-state index contributed by atoms with van der Waals surface area (Å²) < 4.78 is 19.6. The maximum Gasteiger partial charge on any atom is 0.160 e. The molecule has 1 aliphatic carbocycles. The fourth-order valence-corrected chi connectivity index (χ4v) is 3.16. The summed E-state index contributed by atoms with van der Waals surface area (Å²) in [5.41, 5.74) is 1.40. The minimum Gasteiger partial charge on any atom is -0.378 e. The second-order valence-corrected chi connectivity index (χ2v) is 6.45. The second kappa shape index (κ2) is 7.14. The van der Waals surface area contributed by atoms with Crippen LogP contribution < -0.4 is 5.32 Å². The van der Waals surface area contributed by atoms with Gasteiger partial charge in [-0.15, -0.1) is 0 Å². The fourth-order valence-electron chi connectivity index (χ4n) is 3.16. The average Bonchev–Trinajstić information content (AvgIpc) is 3.09. The molecule has 2 aromatic heterocycles. The third-order valence-electron chi connectivity index (χ3n) is 4.60. The van der Waals surface area contributed by atoms with Gasteiger partial charge in [0, 0.05) is 12.6 Å². The Bertz CT molecular complexity index is 818. The third-order valence-corrected chi connectivity index (χ3v) is 4.60. The van der Waals surface area contributed by atoms with Gasteiger partial charge in [0.25, 0.3) is 0 Å². The van der Waals surface area contributed by atoms with Crippen molar-refractivity contribution < 1.29 is 9.13 Å². The van der Waals surface area contributed by atoms with Crippen LogP contribution in [0.25, 0.3) is 11.0 Å². The minimum absolute atomic E-state index is 0.111. The van der Waals surface area contributed by atoms with Crippen molar-refractivity contribution in [3.05, 3.63) is 48.4 Å². The highest BCUT2D eigenvalue weighted by molar-refractivity contribution is 5.85. The number of anilines is 1. The Morgan fingerprint density at radius 2 is 2.08 bits per heavy atom. The van der Waals surface area contributed by atoms with Gasteiger partial charge in [-0.25, -0.2) is 14.4 Å². The Morgan fingerprint density at radius 1 is 1.24 bits per heavy atom. The first-order chi connectivity index (χ1) is 12.3. The molecule has 0 radical (unpaired) electrons. The van der Waals surface area contributed by atoms with Gasteiger partial charge < -0.3 is 10.1 Å². The number of nitrogens with one attached hydrogen (secondary N) is 2. The smallest absolute Gasteiger partial charge is 0.160 e. The Labute approximate surface area is 144 Å². The lowest BCUT2D eigenvalue weighted by Gasteiger charge is -2.36. The van der Waals surface area contributed by atoms with Crippen molar-refractivity contribution >= 4 is 16.9 Å². The van der Waals surface area contributed by atoms with Crippen molar-refractivity contribution in [1.29, 1.82) is 0 Å². The van der Waals surface area contributed by atoms with Crippen LogP contribution in [-0.2, 0) is 4.74 Å². The van der Waals surface area contributed by atoms with Crippen molar-refractivity contribution in [2.45, 2.75) is 25.1 Å². The summed E-state index contributed by atoms with van der Waals surface area (Å²) in [4.78, 5) is 8.41. The first-order valence-corrected chi connectivity index (χ1v) is 8.47. The molecule has 1 saturated carbocycles. The minimum atomic E-state index is -1.06. The molecule has 0 spiro atoms. The summed E-state index contributed by atoms with van der Waals surface area (Å²) in [7, 11) is 0. The lowest BCUT2D eigenvalue weighted by atomic mass is 9.81. The summed E-state index contributed by atoms with van der Waals surface area (Å²) >= 11 is 0. The number of alkyl halides is 1. The van der Waals surface area contributed by atoms with Crippen molar-refractivity contribution in [3.63, 3.8) is 0 Å². The van der Waals surface area contributed by atoms with Crippen LogP contribution >= 0.6 is 0 Å². The van der Waals surface area contributed by atoms with E-state index in [1.165, 1.54) is 6.33 Å². The monoisotopic (exact) mass is 341 g/mol. The molecule has 2 N–H and O–H groups in total. The van der Waals surface area contributed by atoms with Crippen LogP contribution in [0.5, 0.6) is 0 Å². The molecule has 130 valence electrons. The number of hydrogen-bond acceptors (Lipinski definition) is 5. The highest BCUT2D eigenvalue weighted by Gasteiger charge is 2.30. The third kappa shape index (κ3) is 3.61. The Balaban J connectivity index is 1.20. The number of benzene rings is 1. The molecule has 7 heteroatoms. The van der Waals surface area contributed by atoms with E-state index in [9.17, 15) is 4.39 Å². The summed E-state index contributed by atoms with van der Waals surface area (Å²) in [5.74, 6) is 1.26. The molecule has 1 aromatic carbocycles. The molecule has 0 amide bonds. The number of aromatic nitrogens is 4. The van der Waals surface area contributed by atoms with Gasteiger partial charge in [0.05, 0.1) is 18.2 Å². The van der Waals surface area contributed by atoms with E-state index in [-0.39, 0.29) is 6.61 Å². The molecule has 6 nitrogen and oxygen atoms in total. The molecule has 1 aliphatic rings. The van der Waals surface area contributed by atoms with Crippen LogP contribution in [0.1, 0.15) is 24.6 Å². The quantitative estimate of drug-likeness (QED) is 0.690. The maximum absolute atomic E-state index is 14.0. The number of fused-ring (bicyclic) bond motifs is 1. The number of nitrogens with zero attached hydrogens (tertiary/aromatic N) is 3. The molecule has 4 rings (SSSR count).